The lowest BCUT2D eigenvalue weighted by Crippen LogP contribution is -2.05. The van der Waals surface area contributed by atoms with Crippen molar-refractivity contribution in [2.24, 2.45) is 5.73 Å². The molecular formula is C15H15BrClNO2. The van der Waals surface area contributed by atoms with Gasteiger partial charge in [-0.25, -0.2) is 0 Å². The van der Waals surface area contributed by atoms with Gasteiger partial charge in [-0.3, -0.25) is 0 Å². The fraction of sp³-hybridized carbons (Fsp3) is 0.200. The number of hydrogen-bond acceptors (Lipinski definition) is 3. The summed E-state index contributed by atoms with van der Waals surface area (Å²) < 4.78 is 11.7. The zero-order valence-corrected chi connectivity index (χ0v) is 13.5. The molecule has 0 aliphatic rings. The van der Waals surface area contributed by atoms with Crippen LogP contribution in [0.2, 0.25) is 5.02 Å². The van der Waals surface area contributed by atoms with E-state index in [2.05, 4.69) is 15.9 Å². The Balaban J connectivity index is 2.24. The van der Waals surface area contributed by atoms with E-state index in [-0.39, 0.29) is 6.04 Å². The van der Waals surface area contributed by atoms with Crippen LogP contribution in [-0.4, -0.2) is 7.11 Å². The van der Waals surface area contributed by atoms with Crippen LogP contribution in [0.3, 0.4) is 0 Å². The van der Waals surface area contributed by atoms with Crippen molar-refractivity contribution in [2.45, 2.75) is 13.0 Å². The second-order valence-corrected chi connectivity index (χ2v) is 5.63. The van der Waals surface area contributed by atoms with Crippen molar-refractivity contribution in [3.8, 4) is 17.2 Å². The fourth-order valence-electron chi connectivity index (χ4n) is 1.76. The lowest BCUT2D eigenvalue weighted by atomic mass is 10.1. The van der Waals surface area contributed by atoms with E-state index < -0.39 is 0 Å². The predicted octanol–water partition coefficient (Wildman–Crippen LogP) is 4.92. The minimum Gasteiger partial charge on any atom is -0.497 e. The summed E-state index contributed by atoms with van der Waals surface area (Å²) in [5.41, 5.74) is 6.72. The molecule has 3 nitrogen and oxygen atoms in total. The summed E-state index contributed by atoms with van der Waals surface area (Å²) in [6.45, 7) is 1.89. The van der Waals surface area contributed by atoms with Crippen molar-refractivity contribution >= 4 is 27.5 Å². The molecule has 1 unspecified atom stereocenters. The first-order chi connectivity index (χ1) is 9.51. The van der Waals surface area contributed by atoms with Crippen LogP contribution in [-0.2, 0) is 0 Å². The molecule has 0 saturated carbocycles. The van der Waals surface area contributed by atoms with Crippen LogP contribution in [0, 0.1) is 0 Å². The third kappa shape index (κ3) is 3.45. The van der Waals surface area contributed by atoms with E-state index in [1.165, 1.54) is 0 Å². The molecule has 0 amide bonds. The summed E-state index contributed by atoms with van der Waals surface area (Å²) in [5.74, 6) is 2.11. The molecule has 20 heavy (non-hydrogen) atoms. The molecule has 0 bridgehead atoms. The Bertz CT molecular complexity index is 617. The van der Waals surface area contributed by atoms with Crippen LogP contribution in [0.1, 0.15) is 18.5 Å². The van der Waals surface area contributed by atoms with Gasteiger partial charge in [0, 0.05) is 11.1 Å². The monoisotopic (exact) mass is 355 g/mol. The first kappa shape index (κ1) is 15.2. The second-order valence-electron chi connectivity index (χ2n) is 4.37. The van der Waals surface area contributed by atoms with Gasteiger partial charge in [-0.05, 0) is 58.7 Å². The first-order valence-electron chi connectivity index (χ1n) is 6.07. The van der Waals surface area contributed by atoms with Gasteiger partial charge in [-0.1, -0.05) is 17.7 Å². The van der Waals surface area contributed by atoms with Crippen molar-refractivity contribution in [1.82, 2.24) is 0 Å². The quantitative estimate of drug-likeness (QED) is 0.845. The number of ether oxygens (including phenoxy) is 2. The van der Waals surface area contributed by atoms with Crippen LogP contribution >= 0.6 is 27.5 Å². The van der Waals surface area contributed by atoms with Crippen LogP contribution < -0.4 is 15.2 Å². The summed E-state index contributed by atoms with van der Waals surface area (Å²) >= 11 is 9.63. The van der Waals surface area contributed by atoms with Gasteiger partial charge in [0.05, 0.1) is 11.6 Å². The molecule has 1 atom stereocenters. The van der Waals surface area contributed by atoms with E-state index in [1.54, 1.807) is 13.2 Å². The zero-order chi connectivity index (χ0) is 14.7. The summed E-state index contributed by atoms with van der Waals surface area (Å²) in [6.07, 6.45) is 0. The SMILES string of the molecule is COc1ccc(Oc2ccc(C(C)N)c(Cl)c2)c(Br)c1. The molecule has 2 aromatic rings. The number of benzene rings is 2. The largest absolute Gasteiger partial charge is 0.497 e. The second kappa shape index (κ2) is 6.48. The molecular weight excluding hydrogens is 342 g/mol. The van der Waals surface area contributed by atoms with Gasteiger partial charge in [-0.15, -0.1) is 0 Å². The molecule has 2 aromatic carbocycles. The Morgan fingerprint density at radius 2 is 1.85 bits per heavy atom. The Morgan fingerprint density at radius 1 is 1.15 bits per heavy atom. The van der Waals surface area contributed by atoms with Gasteiger partial charge >= 0.3 is 0 Å². The summed E-state index contributed by atoms with van der Waals surface area (Å²) in [5, 5.41) is 0.599. The van der Waals surface area contributed by atoms with E-state index in [9.17, 15) is 0 Å². The Hall–Kier alpha value is -1.23. The minimum absolute atomic E-state index is 0.107. The molecule has 106 valence electrons. The average molecular weight is 357 g/mol. The maximum atomic E-state index is 6.19. The predicted molar refractivity (Wildman–Crippen MR) is 84.8 cm³/mol. The molecule has 0 aromatic heterocycles. The molecule has 2 N–H and O–H groups in total. The highest BCUT2D eigenvalue weighted by Gasteiger charge is 2.09. The van der Waals surface area contributed by atoms with E-state index in [1.807, 2.05) is 37.3 Å². The smallest absolute Gasteiger partial charge is 0.141 e. The van der Waals surface area contributed by atoms with Gasteiger partial charge < -0.3 is 15.2 Å². The maximum absolute atomic E-state index is 6.19. The minimum atomic E-state index is -0.107. The van der Waals surface area contributed by atoms with Crippen LogP contribution in [0.15, 0.2) is 40.9 Å². The number of nitrogens with two attached hydrogens (primary N) is 1. The molecule has 0 radical (unpaired) electrons. The molecule has 0 fully saturated rings. The topological polar surface area (TPSA) is 44.5 Å². The Morgan fingerprint density at radius 3 is 2.40 bits per heavy atom. The number of hydrogen-bond donors (Lipinski definition) is 1. The highest BCUT2D eigenvalue weighted by molar-refractivity contribution is 9.10. The Kier molecular flexibility index (Phi) is 4.91. The third-order valence-electron chi connectivity index (χ3n) is 2.83. The highest BCUT2D eigenvalue weighted by Crippen LogP contribution is 2.34. The third-order valence-corrected chi connectivity index (χ3v) is 3.78. The van der Waals surface area contributed by atoms with E-state index in [0.717, 1.165) is 15.8 Å². The summed E-state index contributed by atoms with van der Waals surface area (Å²) in [4.78, 5) is 0. The zero-order valence-electron chi connectivity index (χ0n) is 11.2. The highest BCUT2D eigenvalue weighted by atomic mass is 79.9. The van der Waals surface area contributed by atoms with Gasteiger partial charge in [-0.2, -0.15) is 0 Å². The molecule has 5 heteroatoms. The maximum Gasteiger partial charge on any atom is 0.141 e. The van der Waals surface area contributed by atoms with Gasteiger partial charge in [0.2, 0.25) is 0 Å². The number of halogens is 2. The molecule has 2 rings (SSSR count). The van der Waals surface area contributed by atoms with Gasteiger partial charge in [0.1, 0.15) is 17.2 Å². The van der Waals surface area contributed by atoms with Crippen molar-refractivity contribution in [3.63, 3.8) is 0 Å². The van der Waals surface area contributed by atoms with Crippen LogP contribution in [0.5, 0.6) is 17.2 Å². The average Bonchev–Trinajstić information content (AvgIpc) is 2.40. The summed E-state index contributed by atoms with van der Waals surface area (Å²) in [7, 11) is 1.62. The normalized spacial score (nSPS) is 12.1. The Labute approximate surface area is 131 Å². The number of rotatable bonds is 4. The van der Waals surface area contributed by atoms with Gasteiger partial charge in [0.25, 0.3) is 0 Å². The van der Waals surface area contributed by atoms with Crippen LogP contribution in [0.25, 0.3) is 0 Å². The van der Waals surface area contributed by atoms with Crippen LogP contribution in [0.4, 0.5) is 0 Å². The fourth-order valence-corrected chi connectivity index (χ4v) is 2.54. The lowest BCUT2D eigenvalue weighted by molar-refractivity contribution is 0.412. The van der Waals surface area contributed by atoms with E-state index in [0.29, 0.717) is 16.5 Å². The molecule has 0 saturated heterocycles. The summed E-state index contributed by atoms with van der Waals surface area (Å²) in [6, 6.07) is 10.9. The molecule has 0 spiro atoms. The molecule has 0 aliphatic heterocycles. The van der Waals surface area contributed by atoms with Crippen molar-refractivity contribution in [1.29, 1.82) is 0 Å². The van der Waals surface area contributed by atoms with Crippen molar-refractivity contribution in [3.05, 3.63) is 51.5 Å². The van der Waals surface area contributed by atoms with Crippen molar-refractivity contribution < 1.29 is 9.47 Å². The van der Waals surface area contributed by atoms with Gasteiger partial charge in [0.15, 0.2) is 0 Å². The lowest BCUT2D eigenvalue weighted by Gasteiger charge is -2.12. The molecule has 0 heterocycles. The standard InChI is InChI=1S/C15H15BrClNO2/c1-9(18)12-5-3-11(8-14(12)17)20-15-6-4-10(19-2)7-13(15)16/h3-9H,18H2,1-2H3. The van der Waals surface area contributed by atoms with Crippen molar-refractivity contribution in [2.75, 3.05) is 7.11 Å². The molecule has 0 aliphatic carbocycles. The van der Waals surface area contributed by atoms with E-state index in [4.69, 9.17) is 26.8 Å². The number of methoxy groups -OCH3 is 1. The first-order valence-corrected chi connectivity index (χ1v) is 7.24. The van der Waals surface area contributed by atoms with E-state index >= 15 is 0 Å².